The van der Waals surface area contributed by atoms with Gasteiger partial charge in [0.1, 0.15) is 41.7 Å². The van der Waals surface area contributed by atoms with Gasteiger partial charge in [0.05, 0.1) is 31.0 Å². The molecule has 0 saturated heterocycles. The van der Waals surface area contributed by atoms with Gasteiger partial charge in [0.15, 0.2) is 0 Å². The van der Waals surface area contributed by atoms with Crippen LogP contribution in [0.5, 0.6) is 5.88 Å². The predicted octanol–water partition coefficient (Wildman–Crippen LogP) is 5.83. The molecule has 1 aliphatic heterocycles. The lowest BCUT2D eigenvalue weighted by molar-refractivity contribution is -0.0251. The molecule has 0 aliphatic carbocycles. The lowest BCUT2D eigenvalue weighted by Crippen LogP contribution is -2.33. The fourth-order valence-corrected chi connectivity index (χ4v) is 6.57. The molecule has 1 unspecified atom stereocenters. The Labute approximate surface area is 241 Å². The van der Waals surface area contributed by atoms with E-state index in [1.54, 1.807) is 16.8 Å². The molecule has 0 aromatic carbocycles. The number of thiophene rings is 1. The Morgan fingerprint density at radius 2 is 2.10 bits per heavy atom. The maximum atomic E-state index is 14.7. The molecule has 0 spiro atoms. The van der Waals surface area contributed by atoms with Crippen molar-refractivity contribution < 1.29 is 28.1 Å². The number of nitrogens with zero attached hydrogens (tertiary/aromatic N) is 5. The third-order valence-electron chi connectivity index (χ3n) is 6.87. The zero-order valence-electron chi connectivity index (χ0n) is 23.5. The number of rotatable bonds is 11. The molecule has 13 heteroatoms. The van der Waals surface area contributed by atoms with Crippen LogP contribution in [0, 0.1) is 18.3 Å². The average molecular weight is 602 g/mol. The van der Waals surface area contributed by atoms with Crippen molar-refractivity contribution in [2.75, 3.05) is 26.4 Å². The summed E-state index contributed by atoms with van der Waals surface area (Å²) in [7, 11) is -1.38. The summed E-state index contributed by atoms with van der Waals surface area (Å²) in [5.74, 6) is 0.196. The first-order chi connectivity index (χ1) is 19.6. The van der Waals surface area contributed by atoms with Crippen LogP contribution in [-0.2, 0) is 22.7 Å². The number of nitriles is 1. The van der Waals surface area contributed by atoms with E-state index in [4.69, 9.17) is 19.3 Å². The fraction of sp³-hybridized carbons (Fsp3) is 0.464. The molecule has 1 atom stereocenters. The maximum Gasteiger partial charge on any atom is 0.282 e. The first-order valence-electron chi connectivity index (χ1n) is 13.4. The number of aliphatic hydroxyl groups excluding tert-OH is 1. The highest BCUT2D eigenvalue weighted by molar-refractivity contribution is 7.13. The molecule has 1 aliphatic rings. The molecule has 0 amide bonds. The third-order valence-corrected chi connectivity index (χ3v) is 9.52. The van der Waals surface area contributed by atoms with Crippen LogP contribution >= 0.6 is 11.3 Å². The van der Waals surface area contributed by atoms with Crippen molar-refractivity contribution in [3.05, 3.63) is 39.8 Å². The number of aliphatic hydroxyl groups is 1. The lowest BCUT2D eigenvalue weighted by atomic mass is 9.98. The van der Waals surface area contributed by atoms with E-state index < -0.39 is 26.3 Å². The maximum absolute atomic E-state index is 14.7. The van der Waals surface area contributed by atoms with E-state index in [2.05, 4.69) is 35.8 Å². The number of fused-ring (bicyclic) bond motifs is 2. The highest BCUT2D eigenvalue weighted by Crippen LogP contribution is 2.49. The smallest absolute Gasteiger partial charge is 0.282 e. The average Bonchev–Trinajstić information content (AvgIpc) is 3.59. The van der Waals surface area contributed by atoms with Gasteiger partial charge in [-0.05, 0) is 31.2 Å². The molecule has 41 heavy (non-hydrogen) atoms. The van der Waals surface area contributed by atoms with Crippen LogP contribution in [0.2, 0.25) is 25.7 Å². The molecule has 0 fully saturated rings. The van der Waals surface area contributed by atoms with Gasteiger partial charge in [-0.25, -0.2) is 18.4 Å². The summed E-state index contributed by atoms with van der Waals surface area (Å²) in [5, 5.41) is 24.1. The second kappa shape index (κ2) is 12.0. The van der Waals surface area contributed by atoms with Gasteiger partial charge in [-0.3, -0.25) is 0 Å². The molecule has 0 radical (unpaired) electrons. The summed E-state index contributed by atoms with van der Waals surface area (Å²) in [5.41, 5.74) is 1.95. The number of alkyl halides is 2. The summed E-state index contributed by atoms with van der Waals surface area (Å²) >= 11 is 1.35. The highest BCUT2D eigenvalue weighted by atomic mass is 32.1. The number of hydrogen-bond acceptors (Lipinski definition) is 8. The Kier molecular flexibility index (Phi) is 8.58. The minimum atomic E-state index is -2.90. The van der Waals surface area contributed by atoms with Gasteiger partial charge >= 0.3 is 0 Å². The van der Waals surface area contributed by atoms with Gasteiger partial charge in [0, 0.05) is 42.3 Å². The van der Waals surface area contributed by atoms with Crippen LogP contribution in [0.1, 0.15) is 21.9 Å². The second-order valence-corrected chi connectivity index (χ2v) is 18.0. The van der Waals surface area contributed by atoms with Crippen molar-refractivity contribution in [2.24, 2.45) is 0 Å². The van der Waals surface area contributed by atoms with Crippen LogP contribution in [0.4, 0.5) is 8.78 Å². The molecule has 0 saturated carbocycles. The molecule has 1 N–H and O–H groups in total. The number of halogens is 2. The van der Waals surface area contributed by atoms with E-state index in [0.29, 0.717) is 39.3 Å². The molecule has 5 heterocycles. The van der Waals surface area contributed by atoms with Crippen molar-refractivity contribution in [1.82, 2.24) is 19.3 Å². The second-order valence-electron chi connectivity index (χ2n) is 11.2. The van der Waals surface area contributed by atoms with E-state index >= 15 is 0 Å². The Bertz CT molecular complexity index is 1590. The van der Waals surface area contributed by atoms with Crippen LogP contribution in [-0.4, -0.2) is 65.0 Å². The van der Waals surface area contributed by atoms with Crippen molar-refractivity contribution in [2.45, 2.75) is 58.4 Å². The van der Waals surface area contributed by atoms with Crippen molar-refractivity contribution in [3.8, 4) is 34.3 Å². The minimum absolute atomic E-state index is 0.0772. The predicted molar refractivity (Wildman–Crippen MR) is 155 cm³/mol. The van der Waals surface area contributed by atoms with Gasteiger partial charge in [0.2, 0.25) is 5.88 Å². The van der Waals surface area contributed by atoms with Crippen LogP contribution in [0.3, 0.4) is 0 Å². The molecule has 4 aromatic heterocycles. The molecular weight excluding hydrogens is 568 g/mol. The van der Waals surface area contributed by atoms with E-state index in [-0.39, 0.29) is 44.5 Å². The summed E-state index contributed by atoms with van der Waals surface area (Å²) in [4.78, 5) is 6.03. The van der Waals surface area contributed by atoms with Crippen LogP contribution in [0.15, 0.2) is 24.4 Å². The van der Waals surface area contributed by atoms with Crippen molar-refractivity contribution in [1.29, 1.82) is 5.26 Å². The van der Waals surface area contributed by atoms with Gasteiger partial charge in [-0.15, -0.1) is 11.3 Å². The Balaban J connectivity index is 1.75. The molecule has 5 rings (SSSR count). The monoisotopic (exact) mass is 601 g/mol. The van der Waals surface area contributed by atoms with E-state index in [9.17, 15) is 14.0 Å². The van der Waals surface area contributed by atoms with Gasteiger partial charge in [0.25, 0.3) is 6.43 Å². The molecule has 218 valence electrons. The van der Waals surface area contributed by atoms with E-state index in [1.807, 2.05) is 19.1 Å². The zero-order valence-corrected chi connectivity index (χ0v) is 25.3. The topological polar surface area (TPSA) is 107 Å². The SMILES string of the molecule is Cc1cc(-c2c(-c3c(C(F)F)nn4c3OCC(OCCO)C4)n(COCC[Si](C)(C)C)c3ncccc23)c(C#N)s1. The van der Waals surface area contributed by atoms with E-state index in [0.717, 1.165) is 10.9 Å². The number of ether oxygens (including phenoxy) is 3. The Morgan fingerprint density at radius 1 is 1.29 bits per heavy atom. The van der Waals surface area contributed by atoms with Gasteiger partial charge in [-0.2, -0.15) is 10.4 Å². The number of pyridine rings is 1. The molecule has 9 nitrogen and oxygen atoms in total. The highest BCUT2D eigenvalue weighted by Gasteiger charge is 2.36. The van der Waals surface area contributed by atoms with Gasteiger partial charge < -0.3 is 23.9 Å². The summed E-state index contributed by atoms with van der Waals surface area (Å²) in [6, 6.07) is 8.79. The number of aryl methyl sites for hydroxylation is 1. The summed E-state index contributed by atoms with van der Waals surface area (Å²) in [6.45, 7) is 9.54. The Hall–Kier alpha value is -3.15. The third kappa shape index (κ3) is 5.93. The number of aromatic nitrogens is 4. The number of hydrogen-bond donors (Lipinski definition) is 1. The van der Waals surface area contributed by atoms with Gasteiger partial charge in [-0.1, -0.05) is 19.6 Å². The summed E-state index contributed by atoms with van der Waals surface area (Å²) in [6.07, 6.45) is -1.70. The normalized spacial score (nSPS) is 15.3. The first-order valence-corrected chi connectivity index (χ1v) is 18.0. The van der Waals surface area contributed by atoms with Crippen LogP contribution in [0.25, 0.3) is 33.4 Å². The Morgan fingerprint density at radius 3 is 2.80 bits per heavy atom. The van der Waals surface area contributed by atoms with E-state index in [1.165, 1.54) is 16.0 Å². The molecular formula is C28H33F2N5O4SSi. The fourth-order valence-electron chi connectivity index (χ4n) is 5.00. The molecule has 0 bridgehead atoms. The largest absolute Gasteiger partial charge is 0.474 e. The van der Waals surface area contributed by atoms with Crippen molar-refractivity contribution in [3.63, 3.8) is 0 Å². The standard InChI is InChI=1S/C28H33F2N5O4SSi/c1-17-12-20(21(13-31)40-17)22-19-6-5-7-32-27(19)34(16-37-10-11-41(2,3)4)25(22)23-24(26(29)30)33-35-14-18(38-9-8-36)15-39-28(23)35/h5-7,12,18,26,36H,8-11,14-16H2,1-4H3. The minimum Gasteiger partial charge on any atom is -0.474 e. The zero-order chi connectivity index (χ0) is 29.3. The first kappa shape index (κ1) is 29.3. The lowest BCUT2D eigenvalue weighted by Gasteiger charge is -2.25. The quantitative estimate of drug-likeness (QED) is 0.170. The molecule has 4 aromatic rings. The summed E-state index contributed by atoms with van der Waals surface area (Å²) < 4.78 is 50.4. The van der Waals surface area contributed by atoms with Crippen molar-refractivity contribution >= 4 is 30.4 Å². The van der Waals surface area contributed by atoms with Crippen LogP contribution < -0.4 is 4.74 Å².